The van der Waals surface area contributed by atoms with Gasteiger partial charge in [0.05, 0.1) is 0 Å². The molecule has 1 heterocycles. The summed E-state index contributed by atoms with van der Waals surface area (Å²) in [6, 6.07) is 0. The fourth-order valence-electron chi connectivity index (χ4n) is 0.687. The number of ether oxygens (including phenoxy) is 1. The SMILES string of the molecule is C1CCOCC1.[H-].[H-].[Na+].[Na+]. The van der Waals surface area contributed by atoms with Gasteiger partial charge in [-0.05, 0) is 19.3 Å². The Morgan fingerprint density at radius 3 is 1.50 bits per heavy atom. The van der Waals surface area contributed by atoms with Gasteiger partial charge in [-0.2, -0.15) is 0 Å². The summed E-state index contributed by atoms with van der Waals surface area (Å²) in [4.78, 5) is 0. The summed E-state index contributed by atoms with van der Waals surface area (Å²) in [5.74, 6) is 0. The maximum Gasteiger partial charge on any atom is 1.00 e. The van der Waals surface area contributed by atoms with Crippen molar-refractivity contribution in [3.63, 3.8) is 0 Å². The van der Waals surface area contributed by atoms with Crippen LogP contribution in [0.4, 0.5) is 0 Å². The van der Waals surface area contributed by atoms with E-state index in [9.17, 15) is 0 Å². The molecule has 8 heavy (non-hydrogen) atoms. The number of rotatable bonds is 0. The van der Waals surface area contributed by atoms with Gasteiger partial charge in [-0.1, -0.05) is 0 Å². The van der Waals surface area contributed by atoms with Crippen molar-refractivity contribution in [1.29, 1.82) is 0 Å². The van der Waals surface area contributed by atoms with Crippen LogP contribution in [0.15, 0.2) is 0 Å². The molecular weight excluding hydrogens is 122 g/mol. The first kappa shape index (κ1) is 12.6. The molecule has 0 aliphatic carbocycles. The number of hydrogen-bond acceptors (Lipinski definition) is 1. The van der Waals surface area contributed by atoms with Crippen LogP contribution in [-0.4, -0.2) is 13.2 Å². The molecule has 0 radical (unpaired) electrons. The maximum atomic E-state index is 5.07. The fraction of sp³-hybridized carbons (Fsp3) is 1.00. The van der Waals surface area contributed by atoms with Gasteiger partial charge in [0, 0.05) is 13.2 Å². The molecule has 0 unspecified atom stereocenters. The molecule has 0 bridgehead atoms. The molecule has 0 aromatic carbocycles. The van der Waals surface area contributed by atoms with Crippen LogP contribution in [0, 0.1) is 0 Å². The van der Waals surface area contributed by atoms with E-state index in [1.54, 1.807) is 0 Å². The Hall–Kier alpha value is 1.96. The molecule has 0 aromatic heterocycles. The zero-order chi connectivity index (χ0) is 4.24. The Balaban J connectivity index is -0.0000000450. The van der Waals surface area contributed by atoms with E-state index >= 15 is 0 Å². The van der Waals surface area contributed by atoms with Gasteiger partial charge in [0.2, 0.25) is 0 Å². The van der Waals surface area contributed by atoms with Crippen molar-refractivity contribution in [2.24, 2.45) is 0 Å². The zero-order valence-electron chi connectivity index (χ0n) is 7.94. The van der Waals surface area contributed by atoms with Gasteiger partial charge in [0.1, 0.15) is 0 Å². The molecule has 0 aromatic rings. The van der Waals surface area contributed by atoms with Crippen LogP contribution < -0.4 is 59.1 Å². The van der Waals surface area contributed by atoms with Crippen molar-refractivity contribution >= 4 is 0 Å². The summed E-state index contributed by atoms with van der Waals surface area (Å²) in [5, 5.41) is 0. The van der Waals surface area contributed by atoms with Gasteiger partial charge in [-0.25, -0.2) is 0 Å². The zero-order valence-corrected chi connectivity index (χ0v) is 9.94. The summed E-state index contributed by atoms with van der Waals surface area (Å²) in [5.41, 5.74) is 0. The Labute approximate surface area is 98.1 Å². The second-order valence-electron chi connectivity index (χ2n) is 1.67. The molecule has 0 saturated carbocycles. The fourth-order valence-corrected chi connectivity index (χ4v) is 0.687. The van der Waals surface area contributed by atoms with Crippen LogP contribution in [0.25, 0.3) is 0 Å². The average Bonchev–Trinajstić information content (AvgIpc) is 1.72. The molecule has 1 nitrogen and oxygen atoms in total. The van der Waals surface area contributed by atoms with E-state index in [-0.39, 0.29) is 62.0 Å². The third kappa shape index (κ3) is 6.09. The largest absolute Gasteiger partial charge is 1.00 e. The minimum atomic E-state index is 0. The first-order valence-corrected chi connectivity index (χ1v) is 2.58. The molecular formula is C5H12Na2O. The summed E-state index contributed by atoms with van der Waals surface area (Å²) in [6.45, 7) is 2.00. The molecule has 1 aliphatic heterocycles. The second kappa shape index (κ2) is 8.96. The van der Waals surface area contributed by atoms with E-state index < -0.39 is 0 Å². The molecule has 3 heteroatoms. The first-order chi connectivity index (χ1) is 3.00. The Kier molecular flexibility index (Phi) is 14.1. The molecule has 1 rings (SSSR count). The van der Waals surface area contributed by atoms with Crippen LogP contribution in [0.5, 0.6) is 0 Å². The minimum Gasteiger partial charge on any atom is -1.00 e. The van der Waals surface area contributed by atoms with Gasteiger partial charge in [-0.15, -0.1) is 0 Å². The molecule has 0 atom stereocenters. The van der Waals surface area contributed by atoms with Gasteiger partial charge in [0.25, 0.3) is 0 Å². The van der Waals surface area contributed by atoms with E-state index in [1.807, 2.05) is 0 Å². The third-order valence-corrected chi connectivity index (χ3v) is 1.08. The Morgan fingerprint density at radius 2 is 1.38 bits per heavy atom. The topological polar surface area (TPSA) is 9.23 Å². The van der Waals surface area contributed by atoms with Crippen LogP contribution in [-0.2, 0) is 4.74 Å². The van der Waals surface area contributed by atoms with E-state index in [1.165, 1.54) is 19.3 Å². The van der Waals surface area contributed by atoms with E-state index in [0.29, 0.717) is 0 Å². The molecule has 40 valence electrons. The monoisotopic (exact) mass is 134 g/mol. The second-order valence-corrected chi connectivity index (χ2v) is 1.67. The van der Waals surface area contributed by atoms with Crippen LogP contribution in [0.2, 0.25) is 0 Å². The predicted molar refractivity (Wildman–Crippen MR) is 26.9 cm³/mol. The molecule has 0 amide bonds. The molecule has 1 saturated heterocycles. The van der Waals surface area contributed by atoms with Crippen molar-refractivity contribution in [2.75, 3.05) is 13.2 Å². The molecule has 1 fully saturated rings. The molecule has 0 spiro atoms. The van der Waals surface area contributed by atoms with Crippen molar-refractivity contribution in [1.82, 2.24) is 0 Å². The van der Waals surface area contributed by atoms with Crippen molar-refractivity contribution in [3.8, 4) is 0 Å². The van der Waals surface area contributed by atoms with Gasteiger partial charge in [-0.3, -0.25) is 0 Å². The molecule has 1 aliphatic rings. The van der Waals surface area contributed by atoms with Gasteiger partial charge >= 0.3 is 59.1 Å². The third-order valence-electron chi connectivity index (χ3n) is 1.08. The van der Waals surface area contributed by atoms with Crippen LogP contribution in [0.3, 0.4) is 0 Å². The number of hydrogen-bond donors (Lipinski definition) is 0. The van der Waals surface area contributed by atoms with Crippen molar-refractivity contribution in [3.05, 3.63) is 0 Å². The van der Waals surface area contributed by atoms with Crippen molar-refractivity contribution in [2.45, 2.75) is 19.3 Å². The average molecular weight is 134 g/mol. The first-order valence-electron chi connectivity index (χ1n) is 2.58. The van der Waals surface area contributed by atoms with E-state index in [4.69, 9.17) is 4.74 Å². The summed E-state index contributed by atoms with van der Waals surface area (Å²) in [6.07, 6.45) is 3.93. The Morgan fingerprint density at radius 1 is 0.875 bits per heavy atom. The quantitative estimate of drug-likeness (QED) is 0.303. The van der Waals surface area contributed by atoms with E-state index in [0.717, 1.165) is 13.2 Å². The summed E-state index contributed by atoms with van der Waals surface area (Å²) in [7, 11) is 0. The Bertz CT molecular complexity index is 33.1. The van der Waals surface area contributed by atoms with Crippen LogP contribution >= 0.6 is 0 Å². The molecule has 0 N–H and O–H groups in total. The van der Waals surface area contributed by atoms with E-state index in [2.05, 4.69) is 0 Å². The predicted octanol–water partition coefficient (Wildman–Crippen LogP) is -4.58. The smallest absolute Gasteiger partial charge is 1.00 e. The van der Waals surface area contributed by atoms with Gasteiger partial charge < -0.3 is 7.59 Å². The minimum absolute atomic E-state index is 0. The standard InChI is InChI=1S/C5H10O.2Na.2H/c1-2-4-6-5-3-1;;;;/h1-5H2;;;;/q;2*+1;2*-1. The maximum absolute atomic E-state index is 5.07. The van der Waals surface area contributed by atoms with Gasteiger partial charge in [0.15, 0.2) is 0 Å². The van der Waals surface area contributed by atoms with Crippen molar-refractivity contribution < 1.29 is 66.7 Å². The normalized spacial score (nSPS) is 18.0. The van der Waals surface area contributed by atoms with Crippen LogP contribution in [0.1, 0.15) is 22.1 Å². The summed E-state index contributed by atoms with van der Waals surface area (Å²) >= 11 is 0. The summed E-state index contributed by atoms with van der Waals surface area (Å²) < 4.78 is 5.07.